The maximum absolute atomic E-state index is 12.6. The Kier molecular flexibility index (Phi) is 5.91. The van der Waals surface area contributed by atoms with Gasteiger partial charge in [-0.1, -0.05) is 39.0 Å². The number of hydrogen-bond acceptors (Lipinski definition) is 5. The van der Waals surface area contributed by atoms with E-state index in [1.165, 1.54) is 6.07 Å². The molecule has 3 aromatic carbocycles. The van der Waals surface area contributed by atoms with Crippen LogP contribution in [-0.2, 0) is 5.41 Å². The number of carbonyl (C=O) groups is 1. The first kappa shape index (κ1) is 22.5. The summed E-state index contributed by atoms with van der Waals surface area (Å²) >= 11 is 5.31. The van der Waals surface area contributed by atoms with Gasteiger partial charge in [0.2, 0.25) is 5.89 Å². The average molecular weight is 460 g/mol. The number of phenols is 1. The van der Waals surface area contributed by atoms with Gasteiger partial charge in [-0.15, -0.1) is 0 Å². The summed E-state index contributed by atoms with van der Waals surface area (Å²) in [6, 6.07) is 18.0. The highest BCUT2D eigenvalue weighted by Gasteiger charge is 2.16. The number of nitrogens with zero attached hydrogens (tertiary/aromatic N) is 1. The van der Waals surface area contributed by atoms with E-state index in [0.29, 0.717) is 33.8 Å². The van der Waals surface area contributed by atoms with Crippen LogP contribution in [0, 0.1) is 6.92 Å². The lowest BCUT2D eigenvalue weighted by atomic mass is 9.87. The van der Waals surface area contributed by atoms with Crippen molar-refractivity contribution in [2.75, 3.05) is 5.32 Å². The summed E-state index contributed by atoms with van der Waals surface area (Å²) in [4.78, 5) is 17.0. The van der Waals surface area contributed by atoms with Crippen molar-refractivity contribution in [3.63, 3.8) is 0 Å². The van der Waals surface area contributed by atoms with E-state index in [4.69, 9.17) is 16.6 Å². The fourth-order valence-corrected chi connectivity index (χ4v) is 3.60. The van der Waals surface area contributed by atoms with Crippen LogP contribution in [0.2, 0.25) is 0 Å². The summed E-state index contributed by atoms with van der Waals surface area (Å²) in [5.41, 5.74) is 5.06. The highest BCUT2D eigenvalue weighted by Crippen LogP contribution is 2.33. The highest BCUT2D eigenvalue weighted by molar-refractivity contribution is 7.80. The van der Waals surface area contributed by atoms with E-state index in [1.807, 2.05) is 37.3 Å². The smallest absolute Gasteiger partial charge is 0.257 e. The lowest BCUT2D eigenvalue weighted by molar-refractivity contribution is 0.0977. The van der Waals surface area contributed by atoms with Crippen molar-refractivity contribution in [3.05, 3.63) is 77.4 Å². The number of aromatic hydroxyl groups is 1. The molecule has 4 aromatic rings. The molecule has 6 nitrogen and oxygen atoms in total. The number of thiocarbonyl (C=S) groups is 1. The first-order valence-corrected chi connectivity index (χ1v) is 10.9. The summed E-state index contributed by atoms with van der Waals surface area (Å²) in [6.45, 7) is 8.33. The number of rotatable bonds is 3. The van der Waals surface area contributed by atoms with Crippen molar-refractivity contribution < 1.29 is 14.3 Å². The number of aromatic nitrogens is 1. The van der Waals surface area contributed by atoms with Crippen LogP contribution >= 0.6 is 12.2 Å². The van der Waals surface area contributed by atoms with Gasteiger partial charge in [-0.2, -0.15) is 0 Å². The molecule has 0 aliphatic rings. The van der Waals surface area contributed by atoms with Gasteiger partial charge in [0, 0.05) is 11.3 Å². The van der Waals surface area contributed by atoms with Crippen LogP contribution in [0.15, 0.2) is 65.1 Å². The maximum atomic E-state index is 12.6. The largest absolute Gasteiger partial charge is 0.507 e. The molecule has 0 saturated carbocycles. The highest BCUT2D eigenvalue weighted by atomic mass is 32.1. The first-order valence-electron chi connectivity index (χ1n) is 10.5. The molecule has 0 aliphatic heterocycles. The van der Waals surface area contributed by atoms with Crippen molar-refractivity contribution in [1.82, 2.24) is 10.3 Å². The number of carbonyl (C=O) groups excluding carboxylic acids is 1. The number of phenolic OH excluding ortho intramolecular Hbond substituents is 1. The minimum absolute atomic E-state index is 0.00989. The monoisotopic (exact) mass is 459 g/mol. The van der Waals surface area contributed by atoms with Crippen molar-refractivity contribution in [3.8, 4) is 17.2 Å². The van der Waals surface area contributed by atoms with E-state index < -0.39 is 0 Å². The van der Waals surface area contributed by atoms with E-state index in [2.05, 4.69) is 36.4 Å². The average Bonchev–Trinajstić information content (AvgIpc) is 3.17. The van der Waals surface area contributed by atoms with E-state index in [1.54, 1.807) is 24.3 Å². The summed E-state index contributed by atoms with van der Waals surface area (Å²) in [7, 11) is 0. The Hall–Kier alpha value is -3.71. The van der Waals surface area contributed by atoms with E-state index in [-0.39, 0.29) is 22.2 Å². The molecule has 0 saturated heterocycles. The molecular weight excluding hydrogens is 434 g/mol. The maximum Gasteiger partial charge on any atom is 0.257 e. The normalized spacial score (nSPS) is 11.4. The summed E-state index contributed by atoms with van der Waals surface area (Å²) < 4.78 is 5.83. The second-order valence-electron chi connectivity index (χ2n) is 8.96. The Bertz CT molecular complexity index is 1350. The van der Waals surface area contributed by atoms with Gasteiger partial charge < -0.3 is 14.8 Å². The summed E-state index contributed by atoms with van der Waals surface area (Å²) in [5, 5.41) is 16.2. The quantitative estimate of drug-likeness (QED) is 0.260. The van der Waals surface area contributed by atoms with Crippen LogP contribution in [0.4, 0.5) is 5.69 Å². The standard InChI is InChI=1S/C26H25N3O3S/c1-15-5-11-20-22(13-15)32-24(28-20)19-14-18(10-12-21(19)30)27-25(33)29-23(31)16-6-8-17(9-7-16)26(2,3)4/h5-14,30H,1-4H3,(H2,27,29,31,33). The third-order valence-electron chi connectivity index (χ3n) is 5.27. The van der Waals surface area contributed by atoms with Crippen LogP contribution in [0.5, 0.6) is 5.75 Å². The van der Waals surface area contributed by atoms with E-state index in [0.717, 1.165) is 11.1 Å². The van der Waals surface area contributed by atoms with Crippen LogP contribution in [0.3, 0.4) is 0 Å². The van der Waals surface area contributed by atoms with E-state index >= 15 is 0 Å². The predicted octanol–water partition coefficient (Wildman–Crippen LogP) is 5.93. The molecule has 1 heterocycles. The van der Waals surface area contributed by atoms with Crippen LogP contribution in [-0.4, -0.2) is 21.1 Å². The molecule has 0 atom stereocenters. The van der Waals surface area contributed by atoms with Gasteiger partial charge in [-0.3, -0.25) is 10.1 Å². The molecule has 0 bridgehead atoms. The molecule has 0 spiro atoms. The molecule has 7 heteroatoms. The molecule has 33 heavy (non-hydrogen) atoms. The van der Waals surface area contributed by atoms with Gasteiger partial charge in [0.25, 0.3) is 5.91 Å². The molecule has 4 rings (SSSR count). The Morgan fingerprint density at radius 3 is 2.45 bits per heavy atom. The minimum Gasteiger partial charge on any atom is -0.507 e. The number of fused-ring (bicyclic) bond motifs is 1. The van der Waals surface area contributed by atoms with Crippen molar-refractivity contribution in [2.24, 2.45) is 0 Å². The number of aryl methyl sites for hydroxylation is 1. The molecule has 0 unspecified atom stereocenters. The molecule has 3 N–H and O–H groups in total. The molecule has 0 fully saturated rings. The molecule has 0 radical (unpaired) electrons. The van der Waals surface area contributed by atoms with Crippen molar-refractivity contribution in [1.29, 1.82) is 0 Å². The topological polar surface area (TPSA) is 87.4 Å². The molecular formula is C26H25N3O3S. The number of hydrogen-bond donors (Lipinski definition) is 3. The minimum atomic E-state index is -0.304. The zero-order chi connectivity index (χ0) is 23.8. The van der Waals surface area contributed by atoms with Crippen molar-refractivity contribution in [2.45, 2.75) is 33.1 Å². The number of anilines is 1. The van der Waals surface area contributed by atoms with Gasteiger partial charge >= 0.3 is 0 Å². The number of oxazole rings is 1. The summed E-state index contributed by atoms with van der Waals surface area (Å²) in [5.74, 6) is 0.0182. The van der Waals surface area contributed by atoms with Crippen LogP contribution < -0.4 is 10.6 Å². The third kappa shape index (κ3) is 5.04. The lowest BCUT2D eigenvalue weighted by Crippen LogP contribution is -2.34. The summed E-state index contributed by atoms with van der Waals surface area (Å²) in [6.07, 6.45) is 0. The Morgan fingerprint density at radius 2 is 1.76 bits per heavy atom. The molecule has 1 aromatic heterocycles. The predicted molar refractivity (Wildman–Crippen MR) is 135 cm³/mol. The fourth-order valence-electron chi connectivity index (χ4n) is 3.39. The third-order valence-corrected chi connectivity index (χ3v) is 5.47. The number of amides is 1. The zero-order valence-corrected chi connectivity index (χ0v) is 19.7. The Balaban J connectivity index is 1.48. The number of benzene rings is 3. The number of nitrogens with one attached hydrogen (secondary N) is 2. The fraction of sp³-hybridized carbons (Fsp3) is 0.192. The molecule has 168 valence electrons. The van der Waals surface area contributed by atoms with Gasteiger partial charge in [0.15, 0.2) is 10.7 Å². The molecule has 1 amide bonds. The van der Waals surface area contributed by atoms with Crippen LogP contribution in [0.25, 0.3) is 22.6 Å². The van der Waals surface area contributed by atoms with Crippen LogP contribution in [0.1, 0.15) is 42.3 Å². The Morgan fingerprint density at radius 1 is 1.03 bits per heavy atom. The van der Waals surface area contributed by atoms with E-state index in [9.17, 15) is 9.90 Å². The van der Waals surface area contributed by atoms with Gasteiger partial charge in [0.1, 0.15) is 11.3 Å². The van der Waals surface area contributed by atoms with Crippen molar-refractivity contribution >= 4 is 40.0 Å². The first-order chi connectivity index (χ1) is 15.6. The second kappa shape index (κ2) is 8.67. The lowest BCUT2D eigenvalue weighted by Gasteiger charge is -2.19. The Labute approximate surface area is 197 Å². The van der Waals surface area contributed by atoms with Gasteiger partial charge in [-0.05, 0) is 78.1 Å². The SMILES string of the molecule is Cc1ccc2nc(-c3cc(NC(=S)NC(=O)c4ccc(C(C)(C)C)cc4)ccc3O)oc2c1. The van der Waals surface area contributed by atoms with Gasteiger partial charge in [-0.25, -0.2) is 4.98 Å². The van der Waals surface area contributed by atoms with Gasteiger partial charge in [0.05, 0.1) is 5.56 Å². The zero-order valence-electron chi connectivity index (χ0n) is 18.9. The second-order valence-corrected chi connectivity index (χ2v) is 9.37. The molecule has 0 aliphatic carbocycles.